The van der Waals surface area contributed by atoms with Crippen LogP contribution in [0, 0.1) is 5.92 Å². The van der Waals surface area contributed by atoms with Crippen LogP contribution in [0.2, 0.25) is 8.67 Å². The van der Waals surface area contributed by atoms with Gasteiger partial charge in [-0.2, -0.15) is 4.31 Å². The van der Waals surface area contributed by atoms with Gasteiger partial charge in [-0.25, -0.2) is 13.4 Å². The highest BCUT2D eigenvalue weighted by molar-refractivity contribution is 7.99. The molecule has 0 saturated carbocycles. The first-order valence-electron chi connectivity index (χ1n) is 9.64. The summed E-state index contributed by atoms with van der Waals surface area (Å²) in [6.45, 7) is 0.602. The second-order valence-corrected chi connectivity index (χ2v) is 13.0. The predicted molar refractivity (Wildman–Crippen MR) is 134 cm³/mol. The van der Waals surface area contributed by atoms with Crippen LogP contribution in [0.25, 0.3) is 11.3 Å². The fourth-order valence-corrected chi connectivity index (χ4v) is 8.29. The van der Waals surface area contributed by atoms with Crippen LogP contribution in [0.15, 0.2) is 45.5 Å². The molecule has 1 amide bonds. The summed E-state index contributed by atoms with van der Waals surface area (Å²) in [5.74, 6) is -0.425. The van der Waals surface area contributed by atoms with Gasteiger partial charge in [0.25, 0.3) is 0 Å². The van der Waals surface area contributed by atoms with Crippen molar-refractivity contribution in [3.8, 4) is 11.3 Å². The number of aromatic nitrogens is 1. The van der Waals surface area contributed by atoms with Crippen molar-refractivity contribution in [3.63, 3.8) is 0 Å². The molecule has 3 aromatic rings. The van der Waals surface area contributed by atoms with Gasteiger partial charge in [0.05, 0.1) is 14.9 Å². The summed E-state index contributed by atoms with van der Waals surface area (Å²) in [6, 6.07) is 8.74. The van der Waals surface area contributed by atoms with Crippen molar-refractivity contribution >= 4 is 78.7 Å². The Labute approximate surface area is 209 Å². The van der Waals surface area contributed by atoms with Gasteiger partial charge in [-0.1, -0.05) is 35.3 Å². The van der Waals surface area contributed by atoms with Crippen LogP contribution in [0.5, 0.6) is 0 Å². The zero-order valence-electron chi connectivity index (χ0n) is 16.9. The van der Waals surface area contributed by atoms with E-state index in [1.165, 1.54) is 38.7 Å². The summed E-state index contributed by atoms with van der Waals surface area (Å²) < 4.78 is 28.8. The van der Waals surface area contributed by atoms with Crippen LogP contribution < -0.4 is 5.32 Å². The normalized spacial score (nSPS) is 15.7. The average Bonchev–Trinajstić information content (AvgIpc) is 3.38. The van der Waals surface area contributed by atoms with Crippen molar-refractivity contribution < 1.29 is 13.2 Å². The highest BCUT2D eigenvalue weighted by Crippen LogP contribution is 2.39. The molecule has 12 heteroatoms. The van der Waals surface area contributed by atoms with E-state index >= 15 is 0 Å². The van der Waals surface area contributed by atoms with Gasteiger partial charge in [0.2, 0.25) is 15.9 Å². The minimum atomic E-state index is -3.59. The fourth-order valence-electron chi connectivity index (χ4n) is 3.51. The minimum Gasteiger partial charge on any atom is -0.302 e. The summed E-state index contributed by atoms with van der Waals surface area (Å²) in [5.41, 5.74) is 1.40. The first-order chi connectivity index (χ1) is 15.3. The number of sulfonamides is 1. The Kier molecular flexibility index (Phi) is 7.50. The zero-order chi connectivity index (χ0) is 22.9. The molecule has 1 aliphatic heterocycles. The third-order valence-electron chi connectivity index (χ3n) is 5.18. The first-order valence-corrected chi connectivity index (χ1v) is 14.8. The number of anilines is 1. The Morgan fingerprint density at radius 1 is 1.25 bits per heavy atom. The maximum Gasteiger partial charge on any atom is 0.244 e. The maximum atomic E-state index is 13.1. The van der Waals surface area contributed by atoms with Crippen LogP contribution in [0.4, 0.5) is 5.13 Å². The number of carbonyl (C=O) groups excluding carboxylic acids is 1. The molecule has 0 radical (unpaired) electrons. The number of nitrogens with zero attached hydrogens (tertiary/aromatic N) is 2. The predicted octanol–water partition coefficient (Wildman–Crippen LogP) is 5.94. The molecule has 32 heavy (non-hydrogen) atoms. The number of amides is 1. The first kappa shape index (κ1) is 24.0. The summed E-state index contributed by atoms with van der Waals surface area (Å²) in [4.78, 5) is 18.2. The monoisotopic (exact) mass is 547 g/mol. The standard InChI is InChI=1S/C20H19Cl2N3O3S4/c1-29-15-4-2-3-5-16(15)32(27,28)25-8-6-12(7-9-25)19(26)24-20-23-14(11-30-20)13-10-17(21)31-18(13)22/h2-5,10-12H,6-9H2,1H3,(H,23,24,26). The number of rotatable bonds is 6. The van der Waals surface area contributed by atoms with Crippen LogP contribution in [-0.2, 0) is 14.8 Å². The van der Waals surface area contributed by atoms with E-state index in [2.05, 4.69) is 10.3 Å². The van der Waals surface area contributed by atoms with Gasteiger partial charge in [0.15, 0.2) is 5.13 Å². The van der Waals surface area contributed by atoms with E-state index in [1.807, 2.05) is 17.7 Å². The molecule has 1 saturated heterocycles. The Bertz CT molecular complexity index is 1230. The van der Waals surface area contributed by atoms with Gasteiger partial charge < -0.3 is 5.32 Å². The molecule has 1 N–H and O–H groups in total. The molecule has 1 aromatic carbocycles. The van der Waals surface area contributed by atoms with E-state index in [4.69, 9.17) is 23.2 Å². The lowest BCUT2D eigenvalue weighted by atomic mass is 9.97. The molecule has 1 aliphatic rings. The number of thiazole rings is 1. The van der Waals surface area contributed by atoms with Crippen molar-refractivity contribution in [2.45, 2.75) is 22.6 Å². The molecule has 170 valence electrons. The van der Waals surface area contributed by atoms with Gasteiger partial charge in [-0.3, -0.25) is 4.79 Å². The van der Waals surface area contributed by atoms with Gasteiger partial charge >= 0.3 is 0 Å². The molecule has 2 aromatic heterocycles. The molecule has 6 nitrogen and oxygen atoms in total. The number of carbonyl (C=O) groups is 1. The topological polar surface area (TPSA) is 79.4 Å². The van der Waals surface area contributed by atoms with Crippen molar-refractivity contribution in [3.05, 3.63) is 44.4 Å². The number of benzene rings is 1. The fraction of sp³-hybridized carbons (Fsp3) is 0.300. The van der Waals surface area contributed by atoms with Gasteiger partial charge in [-0.15, -0.1) is 34.4 Å². The molecule has 0 aliphatic carbocycles. The highest BCUT2D eigenvalue weighted by atomic mass is 35.5. The summed E-state index contributed by atoms with van der Waals surface area (Å²) >= 11 is 16.2. The molecule has 0 atom stereocenters. The van der Waals surface area contributed by atoms with Crippen LogP contribution in [0.1, 0.15) is 12.8 Å². The third kappa shape index (κ3) is 5.01. The van der Waals surface area contributed by atoms with Crippen molar-refractivity contribution in [1.29, 1.82) is 0 Å². The van der Waals surface area contributed by atoms with Gasteiger partial charge in [0, 0.05) is 34.8 Å². The zero-order valence-corrected chi connectivity index (χ0v) is 21.7. The number of hydrogen-bond donors (Lipinski definition) is 1. The second-order valence-electron chi connectivity index (χ2n) is 7.09. The van der Waals surface area contributed by atoms with Crippen molar-refractivity contribution in [2.75, 3.05) is 24.7 Å². The third-order valence-corrected chi connectivity index (χ3v) is 10.3. The number of hydrogen-bond acceptors (Lipinski definition) is 7. The molecule has 0 unspecified atom stereocenters. The summed E-state index contributed by atoms with van der Waals surface area (Å²) in [7, 11) is -3.59. The van der Waals surface area contributed by atoms with Crippen molar-refractivity contribution in [2.24, 2.45) is 5.92 Å². The van der Waals surface area contributed by atoms with E-state index in [0.29, 0.717) is 50.3 Å². The van der Waals surface area contributed by atoms with E-state index in [1.54, 1.807) is 24.3 Å². The summed E-state index contributed by atoms with van der Waals surface area (Å²) in [6.07, 6.45) is 2.77. The molecule has 0 spiro atoms. The Hall–Kier alpha value is -1.14. The van der Waals surface area contributed by atoms with Gasteiger partial charge in [-0.05, 0) is 37.3 Å². The van der Waals surface area contributed by atoms with E-state index < -0.39 is 10.0 Å². The number of thioether (sulfide) groups is 1. The van der Waals surface area contributed by atoms with Crippen LogP contribution >= 0.6 is 57.6 Å². The van der Waals surface area contributed by atoms with Crippen molar-refractivity contribution in [1.82, 2.24) is 9.29 Å². The second kappa shape index (κ2) is 10.0. The number of nitrogens with one attached hydrogen (secondary N) is 1. The maximum absolute atomic E-state index is 13.1. The highest BCUT2D eigenvalue weighted by Gasteiger charge is 2.33. The van der Waals surface area contributed by atoms with E-state index in [9.17, 15) is 13.2 Å². The lowest BCUT2D eigenvalue weighted by molar-refractivity contribution is -0.120. The summed E-state index contributed by atoms with van der Waals surface area (Å²) in [5, 5.41) is 5.15. The molecule has 0 bridgehead atoms. The molecule has 1 fully saturated rings. The minimum absolute atomic E-state index is 0.151. The molecule has 4 rings (SSSR count). The molecular weight excluding hydrogens is 529 g/mol. The Balaban J connectivity index is 1.38. The largest absolute Gasteiger partial charge is 0.302 e. The average molecular weight is 549 g/mol. The Morgan fingerprint density at radius 2 is 1.97 bits per heavy atom. The van der Waals surface area contributed by atoms with Crippen LogP contribution in [0.3, 0.4) is 0 Å². The molecular formula is C20H19Cl2N3O3S4. The molecule has 3 heterocycles. The quantitative estimate of drug-likeness (QED) is 0.386. The van der Waals surface area contributed by atoms with E-state index in [0.717, 1.165) is 10.5 Å². The lowest BCUT2D eigenvalue weighted by Crippen LogP contribution is -2.41. The SMILES string of the molecule is CSc1ccccc1S(=O)(=O)N1CCC(C(=O)Nc2nc(-c3cc(Cl)sc3Cl)cs2)CC1. The Morgan fingerprint density at radius 3 is 2.62 bits per heavy atom. The number of piperidine rings is 1. The van der Waals surface area contributed by atoms with Crippen LogP contribution in [-0.4, -0.2) is 43.0 Å². The smallest absolute Gasteiger partial charge is 0.244 e. The number of halogens is 2. The van der Waals surface area contributed by atoms with E-state index in [-0.39, 0.29) is 11.8 Å². The number of thiophene rings is 1. The van der Waals surface area contributed by atoms with Gasteiger partial charge in [0.1, 0.15) is 4.34 Å². The lowest BCUT2D eigenvalue weighted by Gasteiger charge is -2.30.